The molecule has 0 atom stereocenters. The quantitative estimate of drug-likeness (QED) is 0.463. The van der Waals surface area contributed by atoms with Crippen LogP contribution in [0.5, 0.6) is 0 Å². The number of rotatable bonds is 3. The fourth-order valence-corrected chi connectivity index (χ4v) is 0.699. The zero-order valence-electron chi connectivity index (χ0n) is 8.31. The van der Waals surface area contributed by atoms with Gasteiger partial charge in [-0.2, -0.15) is 0 Å². The SMILES string of the molecule is CCCNC(=S)NNC(=O)C(C)C. The van der Waals surface area contributed by atoms with Crippen LogP contribution in [0.2, 0.25) is 0 Å². The van der Waals surface area contributed by atoms with Crippen LogP contribution in [0.25, 0.3) is 0 Å². The molecule has 0 aliphatic carbocycles. The number of hydrogen-bond acceptors (Lipinski definition) is 2. The molecule has 0 saturated heterocycles. The van der Waals surface area contributed by atoms with Crippen molar-refractivity contribution in [3.63, 3.8) is 0 Å². The number of hydrazine groups is 1. The Morgan fingerprint density at radius 2 is 2.00 bits per heavy atom. The summed E-state index contributed by atoms with van der Waals surface area (Å²) in [4.78, 5) is 11.1. The lowest BCUT2D eigenvalue weighted by Gasteiger charge is -2.11. The lowest BCUT2D eigenvalue weighted by atomic mass is 10.2. The number of thiocarbonyl (C=S) groups is 1. The van der Waals surface area contributed by atoms with Gasteiger partial charge in [-0.15, -0.1) is 0 Å². The van der Waals surface area contributed by atoms with Crippen LogP contribution in [0.3, 0.4) is 0 Å². The fraction of sp³-hybridized carbons (Fsp3) is 0.750. The van der Waals surface area contributed by atoms with Crippen molar-refractivity contribution in [3.05, 3.63) is 0 Å². The maximum absolute atomic E-state index is 11.1. The van der Waals surface area contributed by atoms with Crippen LogP contribution < -0.4 is 16.2 Å². The van der Waals surface area contributed by atoms with Crippen LogP contribution >= 0.6 is 12.2 Å². The van der Waals surface area contributed by atoms with Gasteiger partial charge in [0.25, 0.3) is 0 Å². The zero-order chi connectivity index (χ0) is 10.3. The molecular formula is C8H17N3OS. The molecule has 0 aromatic rings. The second-order valence-electron chi connectivity index (χ2n) is 3.02. The van der Waals surface area contributed by atoms with Crippen molar-refractivity contribution in [2.75, 3.05) is 6.54 Å². The number of hydrogen-bond donors (Lipinski definition) is 3. The van der Waals surface area contributed by atoms with Crippen molar-refractivity contribution in [1.29, 1.82) is 0 Å². The van der Waals surface area contributed by atoms with E-state index in [1.165, 1.54) is 0 Å². The largest absolute Gasteiger partial charge is 0.361 e. The highest BCUT2D eigenvalue weighted by Crippen LogP contribution is 1.88. The van der Waals surface area contributed by atoms with Crippen molar-refractivity contribution >= 4 is 23.2 Å². The van der Waals surface area contributed by atoms with Crippen molar-refractivity contribution in [2.24, 2.45) is 5.92 Å². The maximum atomic E-state index is 11.1. The number of carbonyl (C=O) groups excluding carboxylic acids is 1. The zero-order valence-corrected chi connectivity index (χ0v) is 9.12. The molecule has 4 nitrogen and oxygen atoms in total. The van der Waals surface area contributed by atoms with Gasteiger partial charge in [-0.3, -0.25) is 15.6 Å². The molecule has 0 radical (unpaired) electrons. The third-order valence-electron chi connectivity index (χ3n) is 1.36. The smallest absolute Gasteiger partial charge is 0.240 e. The van der Waals surface area contributed by atoms with Crippen molar-refractivity contribution in [2.45, 2.75) is 27.2 Å². The molecule has 0 saturated carbocycles. The highest BCUT2D eigenvalue weighted by Gasteiger charge is 2.05. The van der Waals surface area contributed by atoms with Gasteiger partial charge in [0.15, 0.2) is 5.11 Å². The van der Waals surface area contributed by atoms with Crippen LogP contribution in [0.15, 0.2) is 0 Å². The predicted octanol–water partition coefficient (Wildman–Crippen LogP) is 0.548. The fourth-order valence-electron chi connectivity index (χ4n) is 0.545. The monoisotopic (exact) mass is 203 g/mol. The summed E-state index contributed by atoms with van der Waals surface area (Å²) in [6.07, 6.45) is 1.000. The number of carbonyl (C=O) groups is 1. The van der Waals surface area contributed by atoms with E-state index in [9.17, 15) is 4.79 Å². The molecule has 0 bridgehead atoms. The Morgan fingerprint density at radius 3 is 2.46 bits per heavy atom. The lowest BCUT2D eigenvalue weighted by molar-refractivity contribution is -0.124. The Labute approximate surface area is 84.4 Å². The summed E-state index contributed by atoms with van der Waals surface area (Å²) in [5.74, 6) is -0.109. The first kappa shape index (κ1) is 12.2. The molecule has 5 heteroatoms. The minimum Gasteiger partial charge on any atom is -0.361 e. The van der Waals surface area contributed by atoms with Gasteiger partial charge in [-0.1, -0.05) is 20.8 Å². The van der Waals surface area contributed by atoms with Crippen LogP contribution in [0.4, 0.5) is 0 Å². The predicted molar refractivity (Wildman–Crippen MR) is 57.0 cm³/mol. The highest BCUT2D eigenvalue weighted by molar-refractivity contribution is 7.80. The molecule has 0 aliphatic rings. The first-order valence-corrected chi connectivity index (χ1v) is 4.82. The minimum absolute atomic E-state index is 0.0403. The van der Waals surface area contributed by atoms with Crippen LogP contribution in [0.1, 0.15) is 27.2 Å². The summed E-state index contributed by atoms with van der Waals surface area (Å²) in [6, 6.07) is 0. The molecule has 0 aromatic heterocycles. The van der Waals surface area contributed by atoms with Crippen LogP contribution in [-0.2, 0) is 4.79 Å². The average molecular weight is 203 g/mol. The Balaban J connectivity index is 3.52. The first-order valence-electron chi connectivity index (χ1n) is 4.41. The molecule has 0 aromatic carbocycles. The standard InChI is InChI=1S/C8H17N3OS/c1-4-5-9-8(13)11-10-7(12)6(2)3/h6H,4-5H2,1-3H3,(H,10,12)(H2,9,11,13). The molecular weight excluding hydrogens is 186 g/mol. The average Bonchev–Trinajstić information content (AvgIpc) is 2.10. The summed E-state index contributed by atoms with van der Waals surface area (Å²) < 4.78 is 0. The lowest BCUT2D eigenvalue weighted by Crippen LogP contribution is -2.48. The van der Waals surface area contributed by atoms with Gasteiger partial charge in [-0.05, 0) is 18.6 Å². The molecule has 0 fully saturated rings. The molecule has 0 unspecified atom stereocenters. The second-order valence-corrected chi connectivity index (χ2v) is 3.43. The summed E-state index contributed by atoms with van der Waals surface area (Å²) in [6.45, 7) is 6.49. The van der Waals surface area contributed by atoms with E-state index in [0.717, 1.165) is 13.0 Å². The summed E-state index contributed by atoms with van der Waals surface area (Å²) in [5, 5.41) is 3.39. The van der Waals surface area contributed by atoms with E-state index in [1.54, 1.807) is 0 Å². The van der Waals surface area contributed by atoms with Crippen molar-refractivity contribution < 1.29 is 4.79 Å². The van der Waals surface area contributed by atoms with Gasteiger partial charge >= 0.3 is 0 Å². The topological polar surface area (TPSA) is 53.2 Å². The molecule has 0 aliphatic heterocycles. The van der Waals surface area contributed by atoms with Gasteiger partial charge in [-0.25, -0.2) is 0 Å². The van der Waals surface area contributed by atoms with E-state index in [1.807, 2.05) is 20.8 Å². The highest BCUT2D eigenvalue weighted by atomic mass is 32.1. The van der Waals surface area contributed by atoms with Gasteiger partial charge in [0.2, 0.25) is 5.91 Å². The van der Waals surface area contributed by atoms with Crippen molar-refractivity contribution in [1.82, 2.24) is 16.2 Å². The Hall–Kier alpha value is -0.840. The third-order valence-corrected chi connectivity index (χ3v) is 1.61. The maximum Gasteiger partial charge on any atom is 0.240 e. The van der Waals surface area contributed by atoms with Crippen LogP contribution in [-0.4, -0.2) is 17.6 Å². The Bertz CT molecular complexity index is 182. The molecule has 1 amide bonds. The molecule has 0 heterocycles. The molecule has 76 valence electrons. The van der Waals surface area contributed by atoms with E-state index in [2.05, 4.69) is 16.2 Å². The first-order chi connectivity index (χ1) is 6.07. The molecule has 0 rings (SSSR count). The van der Waals surface area contributed by atoms with Crippen LogP contribution in [0, 0.1) is 5.92 Å². The summed E-state index contributed by atoms with van der Waals surface area (Å²) >= 11 is 4.89. The van der Waals surface area contributed by atoms with E-state index >= 15 is 0 Å². The van der Waals surface area contributed by atoms with Crippen molar-refractivity contribution in [3.8, 4) is 0 Å². The Morgan fingerprint density at radius 1 is 1.38 bits per heavy atom. The minimum atomic E-state index is -0.0688. The van der Waals surface area contributed by atoms with E-state index < -0.39 is 0 Å². The third kappa shape index (κ3) is 6.33. The molecule has 0 spiro atoms. The summed E-state index contributed by atoms with van der Waals surface area (Å²) in [5.41, 5.74) is 5.12. The van der Waals surface area contributed by atoms with E-state index in [0.29, 0.717) is 5.11 Å². The van der Waals surface area contributed by atoms with Gasteiger partial charge in [0, 0.05) is 12.5 Å². The van der Waals surface area contributed by atoms with Gasteiger partial charge in [0.05, 0.1) is 0 Å². The second kappa shape index (κ2) is 6.65. The van der Waals surface area contributed by atoms with Gasteiger partial charge < -0.3 is 5.32 Å². The van der Waals surface area contributed by atoms with E-state index in [-0.39, 0.29) is 11.8 Å². The normalized spacial score (nSPS) is 9.54. The molecule has 13 heavy (non-hydrogen) atoms. The van der Waals surface area contributed by atoms with E-state index in [4.69, 9.17) is 12.2 Å². The number of amides is 1. The molecule has 3 N–H and O–H groups in total. The Kier molecular flexibility index (Phi) is 6.22. The summed E-state index contributed by atoms with van der Waals surface area (Å²) in [7, 11) is 0. The number of nitrogens with one attached hydrogen (secondary N) is 3. The van der Waals surface area contributed by atoms with Gasteiger partial charge in [0.1, 0.15) is 0 Å².